The average molecular weight is 302 g/mol. The van der Waals surface area contributed by atoms with Gasteiger partial charge in [0, 0.05) is 19.7 Å². The lowest BCUT2D eigenvalue weighted by atomic mass is 10.1. The highest BCUT2D eigenvalue weighted by Crippen LogP contribution is 2.02. The third kappa shape index (κ3) is 6.01. The Balaban J connectivity index is 1.49. The molecule has 1 heterocycles. The second-order valence-electron chi connectivity index (χ2n) is 5.08. The predicted molar refractivity (Wildman–Crippen MR) is 84.4 cm³/mol. The van der Waals surface area contributed by atoms with Crippen molar-refractivity contribution in [3.05, 3.63) is 59.5 Å². The van der Waals surface area contributed by atoms with Crippen molar-refractivity contribution in [1.29, 1.82) is 0 Å². The SMILES string of the molecule is Cc1ccc(CNC(=O)NCCCOCc2ccco2)cc1. The summed E-state index contributed by atoms with van der Waals surface area (Å²) in [6.07, 6.45) is 2.39. The summed E-state index contributed by atoms with van der Waals surface area (Å²) in [5.41, 5.74) is 2.30. The van der Waals surface area contributed by atoms with Crippen LogP contribution in [0.15, 0.2) is 47.1 Å². The lowest BCUT2D eigenvalue weighted by Crippen LogP contribution is -2.35. The minimum atomic E-state index is -0.161. The number of nitrogens with one attached hydrogen (secondary N) is 2. The van der Waals surface area contributed by atoms with Gasteiger partial charge in [-0.25, -0.2) is 4.79 Å². The van der Waals surface area contributed by atoms with Crippen LogP contribution in [0.2, 0.25) is 0 Å². The summed E-state index contributed by atoms with van der Waals surface area (Å²) >= 11 is 0. The van der Waals surface area contributed by atoms with E-state index < -0.39 is 0 Å². The van der Waals surface area contributed by atoms with Crippen LogP contribution < -0.4 is 10.6 Å². The Morgan fingerprint density at radius 3 is 2.73 bits per heavy atom. The minimum absolute atomic E-state index is 0.161. The number of rotatable bonds is 8. The first-order valence-electron chi connectivity index (χ1n) is 7.41. The van der Waals surface area contributed by atoms with Crippen LogP contribution in [0.5, 0.6) is 0 Å². The maximum atomic E-state index is 11.6. The molecule has 1 aromatic carbocycles. The van der Waals surface area contributed by atoms with Crippen LogP contribution >= 0.6 is 0 Å². The molecule has 2 amide bonds. The second kappa shape index (κ2) is 8.89. The summed E-state index contributed by atoms with van der Waals surface area (Å²) in [7, 11) is 0. The summed E-state index contributed by atoms with van der Waals surface area (Å²) in [5.74, 6) is 0.809. The van der Waals surface area contributed by atoms with E-state index in [-0.39, 0.29) is 6.03 Å². The first-order chi connectivity index (χ1) is 10.7. The van der Waals surface area contributed by atoms with Crippen molar-refractivity contribution < 1.29 is 13.9 Å². The van der Waals surface area contributed by atoms with E-state index in [4.69, 9.17) is 9.15 Å². The largest absolute Gasteiger partial charge is 0.467 e. The molecule has 0 aliphatic carbocycles. The first-order valence-corrected chi connectivity index (χ1v) is 7.41. The third-order valence-electron chi connectivity index (χ3n) is 3.15. The molecule has 0 aliphatic rings. The molecule has 0 radical (unpaired) electrons. The van der Waals surface area contributed by atoms with E-state index >= 15 is 0 Å². The van der Waals surface area contributed by atoms with E-state index in [0.29, 0.717) is 26.3 Å². The highest BCUT2D eigenvalue weighted by atomic mass is 16.5. The number of amides is 2. The van der Waals surface area contributed by atoms with Gasteiger partial charge in [-0.1, -0.05) is 29.8 Å². The average Bonchev–Trinajstić information content (AvgIpc) is 3.03. The Kier molecular flexibility index (Phi) is 6.51. The van der Waals surface area contributed by atoms with Crippen LogP contribution in [0.3, 0.4) is 0 Å². The number of urea groups is 1. The zero-order valence-electron chi connectivity index (χ0n) is 12.8. The zero-order valence-corrected chi connectivity index (χ0v) is 12.8. The first kappa shape index (κ1) is 16.1. The maximum absolute atomic E-state index is 11.6. The highest BCUT2D eigenvalue weighted by molar-refractivity contribution is 5.73. The molecule has 0 aliphatic heterocycles. The van der Waals surface area contributed by atoms with Crippen LogP contribution in [0.1, 0.15) is 23.3 Å². The Bertz CT molecular complexity index is 550. The molecule has 0 spiro atoms. The van der Waals surface area contributed by atoms with Crippen LogP contribution in [0.4, 0.5) is 4.79 Å². The topological polar surface area (TPSA) is 63.5 Å². The van der Waals surface area contributed by atoms with Gasteiger partial charge in [0.2, 0.25) is 0 Å². The van der Waals surface area contributed by atoms with Gasteiger partial charge < -0.3 is 19.8 Å². The molecule has 0 fully saturated rings. The summed E-state index contributed by atoms with van der Waals surface area (Å²) in [5, 5.41) is 5.63. The van der Waals surface area contributed by atoms with Crippen LogP contribution in [-0.2, 0) is 17.9 Å². The molecule has 0 saturated carbocycles. The van der Waals surface area contributed by atoms with Crippen LogP contribution in [0, 0.1) is 6.92 Å². The van der Waals surface area contributed by atoms with E-state index in [1.807, 2.05) is 43.3 Å². The zero-order chi connectivity index (χ0) is 15.6. The van der Waals surface area contributed by atoms with E-state index in [1.54, 1.807) is 6.26 Å². The number of ether oxygens (including phenoxy) is 1. The van der Waals surface area contributed by atoms with Gasteiger partial charge in [0.25, 0.3) is 0 Å². The van der Waals surface area contributed by atoms with E-state index in [0.717, 1.165) is 17.7 Å². The maximum Gasteiger partial charge on any atom is 0.315 e. The van der Waals surface area contributed by atoms with Crippen LogP contribution in [0.25, 0.3) is 0 Å². The van der Waals surface area contributed by atoms with Crippen molar-refractivity contribution in [3.63, 3.8) is 0 Å². The Morgan fingerprint density at radius 2 is 2.00 bits per heavy atom. The number of aryl methyl sites for hydroxylation is 1. The molecule has 5 nitrogen and oxygen atoms in total. The Labute approximate surface area is 130 Å². The second-order valence-corrected chi connectivity index (χ2v) is 5.08. The van der Waals surface area contributed by atoms with E-state index in [2.05, 4.69) is 10.6 Å². The lowest BCUT2D eigenvalue weighted by Gasteiger charge is -2.08. The molecule has 0 bridgehead atoms. The van der Waals surface area contributed by atoms with Crippen molar-refractivity contribution in [1.82, 2.24) is 10.6 Å². The standard InChI is InChI=1S/C17H22N2O3/c1-14-5-7-15(8-6-14)12-19-17(20)18-9-3-10-21-13-16-4-2-11-22-16/h2,4-8,11H,3,9-10,12-13H2,1H3,(H2,18,19,20). The van der Waals surface area contributed by atoms with Gasteiger partial charge >= 0.3 is 6.03 Å². The molecule has 2 N–H and O–H groups in total. The van der Waals surface area contributed by atoms with Crippen molar-refractivity contribution in [2.45, 2.75) is 26.5 Å². The fourth-order valence-corrected chi connectivity index (χ4v) is 1.89. The minimum Gasteiger partial charge on any atom is -0.467 e. The monoisotopic (exact) mass is 302 g/mol. The summed E-state index contributed by atoms with van der Waals surface area (Å²) in [6, 6.07) is 11.6. The number of hydrogen-bond donors (Lipinski definition) is 2. The molecule has 1 aromatic heterocycles. The third-order valence-corrected chi connectivity index (χ3v) is 3.15. The Morgan fingerprint density at radius 1 is 1.18 bits per heavy atom. The number of benzene rings is 1. The molecule has 5 heteroatoms. The molecular formula is C17H22N2O3. The van der Waals surface area contributed by atoms with Crippen molar-refractivity contribution in [3.8, 4) is 0 Å². The molecule has 2 rings (SSSR count). The van der Waals surface area contributed by atoms with Gasteiger partial charge in [-0.2, -0.15) is 0 Å². The van der Waals surface area contributed by atoms with Crippen molar-refractivity contribution in [2.75, 3.05) is 13.2 Å². The number of hydrogen-bond acceptors (Lipinski definition) is 3. The fourth-order valence-electron chi connectivity index (χ4n) is 1.89. The van der Waals surface area contributed by atoms with E-state index in [1.165, 1.54) is 5.56 Å². The normalized spacial score (nSPS) is 10.4. The molecule has 0 atom stereocenters. The van der Waals surface area contributed by atoms with Crippen molar-refractivity contribution in [2.24, 2.45) is 0 Å². The number of furan rings is 1. The Hall–Kier alpha value is -2.27. The molecular weight excluding hydrogens is 280 g/mol. The lowest BCUT2D eigenvalue weighted by molar-refractivity contribution is 0.104. The van der Waals surface area contributed by atoms with Gasteiger partial charge in [-0.15, -0.1) is 0 Å². The van der Waals surface area contributed by atoms with Crippen LogP contribution in [-0.4, -0.2) is 19.2 Å². The van der Waals surface area contributed by atoms with E-state index in [9.17, 15) is 4.79 Å². The quantitative estimate of drug-likeness (QED) is 0.737. The molecule has 22 heavy (non-hydrogen) atoms. The summed E-state index contributed by atoms with van der Waals surface area (Å²) < 4.78 is 10.6. The fraction of sp³-hybridized carbons (Fsp3) is 0.353. The molecule has 0 saturated heterocycles. The summed E-state index contributed by atoms with van der Waals surface area (Å²) in [6.45, 7) is 4.20. The molecule has 0 unspecified atom stereocenters. The van der Waals surface area contributed by atoms with Gasteiger partial charge in [0.05, 0.1) is 6.26 Å². The number of carbonyl (C=O) groups is 1. The predicted octanol–water partition coefficient (Wildman–Crippen LogP) is 2.99. The van der Waals surface area contributed by atoms with Gasteiger partial charge in [0.1, 0.15) is 12.4 Å². The van der Waals surface area contributed by atoms with Gasteiger partial charge in [-0.05, 0) is 31.0 Å². The molecule has 118 valence electrons. The van der Waals surface area contributed by atoms with Gasteiger partial charge in [0.15, 0.2) is 0 Å². The highest BCUT2D eigenvalue weighted by Gasteiger charge is 2.00. The smallest absolute Gasteiger partial charge is 0.315 e. The van der Waals surface area contributed by atoms with Crippen molar-refractivity contribution >= 4 is 6.03 Å². The van der Waals surface area contributed by atoms with Gasteiger partial charge in [-0.3, -0.25) is 0 Å². The summed E-state index contributed by atoms with van der Waals surface area (Å²) in [4.78, 5) is 11.6. The molecule has 2 aromatic rings. The number of carbonyl (C=O) groups excluding carboxylic acids is 1.